The fourth-order valence-corrected chi connectivity index (χ4v) is 1.32. The Bertz CT molecular complexity index is 299. The van der Waals surface area contributed by atoms with Crippen molar-refractivity contribution in [2.24, 2.45) is 0 Å². The van der Waals surface area contributed by atoms with Crippen LogP contribution in [-0.2, 0) is 0 Å². The van der Waals surface area contributed by atoms with Crippen LogP contribution in [0.25, 0.3) is 0 Å². The second kappa shape index (κ2) is 4.74. The van der Waals surface area contributed by atoms with Gasteiger partial charge < -0.3 is 15.6 Å². The number of rotatable bonds is 4. The lowest BCUT2D eigenvalue weighted by Crippen LogP contribution is -2.12. The molecule has 0 saturated carbocycles. The molecule has 1 rings (SSSR count). The predicted octanol–water partition coefficient (Wildman–Crippen LogP) is 2.54. The molecule has 0 aliphatic rings. The van der Waals surface area contributed by atoms with Crippen LogP contribution in [-0.4, -0.2) is 11.2 Å². The lowest BCUT2D eigenvalue weighted by atomic mass is 10.2. The van der Waals surface area contributed by atoms with Crippen LogP contribution in [0.15, 0.2) is 18.2 Å². The number of nitrogens with two attached hydrogens (primary N) is 1. The highest BCUT2D eigenvalue weighted by molar-refractivity contribution is 5.61. The predicted molar refractivity (Wildman–Crippen MR) is 57.5 cm³/mol. The van der Waals surface area contributed by atoms with Gasteiger partial charge in [-0.1, -0.05) is 19.4 Å². The lowest BCUT2D eigenvalue weighted by Gasteiger charge is -2.15. The highest BCUT2D eigenvalue weighted by atomic mass is 16.5. The van der Waals surface area contributed by atoms with Crippen LogP contribution in [0, 0.1) is 0 Å². The average molecular weight is 195 g/mol. The molecule has 3 nitrogen and oxygen atoms in total. The topological polar surface area (TPSA) is 55.5 Å². The SMILES string of the molecule is CCCC(C)Oc1cccc(O)c1N. The number of phenols is 1. The molecule has 78 valence electrons. The molecule has 0 fully saturated rings. The Morgan fingerprint density at radius 3 is 2.86 bits per heavy atom. The number of nitrogen functional groups attached to an aromatic ring is 1. The summed E-state index contributed by atoms with van der Waals surface area (Å²) in [7, 11) is 0. The van der Waals surface area contributed by atoms with E-state index in [1.165, 1.54) is 0 Å². The zero-order chi connectivity index (χ0) is 10.6. The van der Waals surface area contributed by atoms with Crippen molar-refractivity contribution in [1.29, 1.82) is 0 Å². The summed E-state index contributed by atoms with van der Waals surface area (Å²) in [6.07, 6.45) is 2.18. The van der Waals surface area contributed by atoms with Crippen molar-refractivity contribution in [3.05, 3.63) is 18.2 Å². The van der Waals surface area contributed by atoms with Crippen molar-refractivity contribution in [3.8, 4) is 11.5 Å². The first-order valence-corrected chi connectivity index (χ1v) is 4.89. The van der Waals surface area contributed by atoms with Crippen molar-refractivity contribution < 1.29 is 9.84 Å². The molecule has 0 saturated heterocycles. The van der Waals surface area contributed by atoms with Crippen LogP contribution in [0.3, 0.4) is 0 Å². The van der Waals surface area contributed by atoms with Crippen molar-refractivity contribution in [2.45, 2.75) is 32.8 Å². The van der Waals surface area contributed by atoms with Gasteiger partial charge in [-0.2, -0.15) is 0 Å². The smallest absolute Gasteiger partial charge is 0.146 e. The van der Waals surface area contributed by atoms with E-state index >= 15 is 0 Å². The molecule has 0 aromatic heterocycles. The lowest BCUT2D eigenvalue weighted by molar-refractivity contribution is 0.210. The first-order valence-electron chi connectivity index (χ1n) is 4.89. The van der Waals surface area contributed by atoms with E-state index in [9.17, 15) is 5.11 Å². The van der Waals surface area contributed by atoms with E-state index in [1.807, 2.05) is 6.92 Å². The van der Waals surface area contributed by atoms with E-state index in [2.05, 4.69) is 6.92 Å². The molecule has 0 spiro atoms. The Labute approximate surface area is 84.5 Å². The summed E-state index contributed by atoms with van der Waals surface area (Å²) in [6.45, 7) is 4.10. The average Bonchev–Trinajstić information content (AvgIpc) is 2.13. The van der Waals surface area contributed by atoms with Crippen molar-refractivity contribution >= 4 is 5.69 Å². The van der Waals surface area contributed by atoms with Gasteiger partial charge in [0.1, 0.15) is 17.2 Å². The van der Waals surface area contributed by atoms with Gasteiger partial charge in [0, 0.05) is 0 Å². The van der Waals surface area contributed by atoms with Gasteiger partial charge in [0.25, 0.3) is 0 Å². The molecule has 0 aliphatic heterocycles. The van der Waals surface area contributed by atoms with Gasteiger partial charge in [-0.15, -0.1) is 0 Å². The molecule has 1 aromatic carbocycles. The van der Waals surface area contributed by atoms with Crippen LogP contribution < -0.4 is 10.5 Å². The van der Waals surface area contributed by atoms with Crippen LogP contribution in [0.4, 0.5) is 5.69 Å². The summed E-state index contributed by atoms with van der Waals surface area (Å²) in [4.78, 5) is 0. The van der Waals surface area contributed by atoms with Gasteiger partial charge in [0.2, 0.25) is 0 Å². The number of anilines is 1. The van der Waals surface area contributed by atoms with Gasteiger partial charge in [-0.25, -0.2) is 0 Å². The van der Waals surface area contributed by atoms with Crippen LogP contribution in [0.5, 0.6) is 11.5 Å². The van der Waals surface area contributed by atoms with E-state index in [4.69, 9.17) is 10.5 Å². The first kappa shape index (κ1) is 10.7. The first-order chi connectivity index (χ1) is 6.65. The molecule has 0 amide bonds. The van der Waals surface area contributed by atoms with E-state index in [1.54, 1.807) is 18.2 Å². The minimum absolute atomic E-state index is 0.0752. The van der Waals surface area contributed by atoms with E-state index in [-0.39, 0.29) is 11.9 Å². The van der Waals surface area contributed by atoms with E-state index in [0.29, 0.717) is 11.4 Å². The Balaban J connectivity index is 2.71. The zero-order valence-corrected chi connectivity index (χ0v) is 8.66. The number of ether oxygens (including phenoxy) is 1. The van der Waals surface area contributed by atoms with Crippen LogP contribution in [0.2, 0.25) is 0 Å². The summed E-state index contributed by atoms with van der Waals surface area (Å²) in [5.74, 6) is 0.636. The van der Waals surface area contributed by atoms with Crippen molar-refractivity contribution in [1.82, 2.24) is 0 Å². The molecular weight excluding hydrogens is 178 g/mol. The second-order valence-electron chi connectivity index (χ2n) is 3.41. The Morgan fingerprint density at radius 2 is 2.21 bits per heavy atom. The summed E-state index contributed by atoms with van der Waals surface area (Å²) >= 11 is 0. The third kappa shape index (κ3) is 2.55. The van der Waals surface area contributed by atoms with Gasteiger partial charge in [-0.3, -0.25) is 0 Å². The Morgan fingerprint density at radius 1 is 1.50 bits per heavy atom. The molecule has 0 radical (unpaired) electrons. The van der Waals surface area contributed by atoms with Crippen molar-refractivity contribution in [3.63, 3.8) is 0 Å². The molecule has 3 heteroatoms. The number of aromatic hydroxyl groups is 1. The summed E-state index contributed by atoms with van der Waals surface area (Å²) < 4.78 is 5.58. The highest BCUT2D eigenvalue weighted by Crippen LogP contribution is 2.30. The van der Waals surface area contributed by atoms with Crippen molar-refractivity contribution in [2.75, 3.05) is 5.73 Å². The maximum Gasteiger partial charge on any atom is 0.146 e. The quantitative estimate of drug-likeness (QED) is 0.573. The fraction of sp³-hybridized carbons (Fsp3) is 0.455. The summed E-state index contributed by atoms with van der Waals surface area (Å²) in [5.41, 5.74) is 5.97. The molecule has 0 aliphatic carbocycles. The Hall–Kier alpha value is -1.38. The van der Waals surface area contributed by atoms with E-state index < -0.39 is 0 Å². The number of para-hydroxylation sites is 1. The fourth-order valence-electron chi connectivity index (χ4n) is 1.32. The Kier molecular flexibility index (Phi) is 3.63. The third-order valence-electron chi connectivity index (χ3n) is 2.07. The standard InChI is InChI=1S/C11H17NO2/c1-3-5-8(2)14-10-7-4-6-9(13)11(10)12/h4,6-8,13H,3,5,12H2,1-2H3. The molecule has 0 bridgehead atoms. The summed E-state index contributed by atoms with van der Waals surface area (Å²) in [6, 6.07) is 5.04. The number of hydrogen-bond acceptors (Lipinski definition) is 3. The minimum Gasteiger partial charge on any atom is -0.506 e. The summed E-state index contributed by atoms with van der Waals surface area (Å²) in [5, 5.41) is 9.34. The molecule has 14 heavy (non-hydrogen) atoms. The molecule has 1 aromatic rings. The highest BCUT2D eigenvalue weighted by Gasteiger charge is 2.08. The third-order valence-corrected chi connectivity index (χ3v) is 2.07. The number of phenolic OH excluding ortho intramolecular Hbond substituents is 1. The van der Waals surface area contributed by atoms with E-state index in [0.717, 1.165) is 12.8 Å². The molecule has 1 unspecified atom stereocenters. The largest absolute Gasteiger partial charge is 0.506 e. The molecule has 3 N–H and O–H groups in total. The van der Waals surface area contributed by atoms with Gasteiger partial charge in [0.15, 0.2) is 0 Å². The van der Waals surface area contributed by atoms with Crippen LogP contribution >= 0.6 is 0 Å². The number of hydrogen-bond donors (Lipinski definition) is 2. The maximum atomic E-state index is 9.34. The zero-order valence-electron chi connectivity index (χ0n) is 8.66. The number of benzene rings is 1. The molecular formula is C11H17NO2. The second-order valence-corrected chi connectivity index (χ2v) is 3.41. The van der Waals surface area contributed by atoms with Crippen LogP contribution in [0.1, 0.15) is 26.7 Å². The van der Waals surface area contributed by atoms with Gasteiger partial charge >= 0.3 is 0 Å². The van der Waals surface area contributed by atoms with Gasteiger partial charge in [-0.05, 0) is 25.5 Å². The minimum atomic E-state index is 0.0752. The normalized spacial score (nSPS) is 12.4. The molecule has 0 heterocycles. The maximum absolute atomic E-state index is 9.34. The van der Waals surface area contributed by atoms with Gasteiger partial charge in [0.05, 0.1) is 6.10 Å². The monoisotopic (exact) mass is 195 g/mol. The molecule has 1 atom stereocenters.